The molecule has 134 valence electrons. The van der Waals surface area contributed by atoms with Crippen LogP contribution < -0.4 is 0 Å². The van der Waals surface area contributed by atoms with E-state index in [9.17, 15) is 4.39 Å². The number of thiazole rings is 1. The first-order valence-electron chi connectivity index (χ1n) is 8.48. The van der Waals surface area contributed by atoms with E-state index in [1.807, 2.05) is 19.2 Å². The van der Waals surface area contributed by atoms with Crippen molar-refractivity contribution in [3.05, 3.63) is 78.4 Å². The molecule has 4 aromatic rings. The van der Waals surface area contributed by atoms with E-state index < -0.39 is 0 Å². The smallest absolute Gasteiger partial charge is 0.124 e. The van der Waals surface area contributed by atoms with E-state index in [1.165, 1.54) is 17.0 Å². The van der Waals surface area contributed by atoms with Gasteiger partial charge in [0.2, 0.25) is 0 Å². The lowest BCUT2D eigenvalue weighted by atomic mass is 10.1. The number of pyridine rings is 1. The molecule has 0 amide bonds. The summed E-state index contributed by atoms with van der Waals surface area (Å²) in [5.74, 6) is -0.247. The zero-order valence-corrected chi connectivity index (χ0v) is 16.6. The summed E-state index contributed by atoms with van der Waals surface area (Å²) in [6.07, 6.45) is 3.88. The van der Waals surface area contributed by atoms with E-state index in [4.69, 9.17) is 4.98 Å². The van der Waals surface area contributed by atoms with Gasteiger partial charge in [-0.3, -0.25) is 4.98 Å². The maximum absolute atomic E-state index is 13.4. The molecule has 2 nitrogen and oxygen atoms in total. The SMILES string of the molecule is CSc1ccc(-c2nc(-c3ccc(F)cc3)c(-c3ccnc(C)c3)s2)cc1. The van der Waals surface area contributed by atoms with Crippen LogP contribution in [0.5, 0.6) is 0 Å². The van der Waals surface area contributed by atoms with Crippen molar-refractivity contribution in [1.82, 2.24) is 9.97 Å². The lowest BCUT2D eigenvalue weighted by Crippen LogP contribution is -1.85. The Morgan fingerprint density at radius 3 is 2.26 bits per heavy atom. The minimum absolute atomic E-state index is 0.247. The minimum atomic E-state index is -0.247. The van der Waals surface area contributed by atoms with Crippen LogP contribution in [-0.2, 0) is 0 Å². The molecule has 5 heteroatoms. The van der Waals surface area contributed by atoms with E-state index in [0.717, 1.165) is 38.0 Å². The molecule has 2 aromatic carbocycles. The van der Waals surface area contributed by atoms with E-state index in [2.05, 4.69) is 41.6 Å². The van der Waals surface area contributed by atoms with Crippen molar-refractivity contribution in [2.45, 2.75) is 11.8 Å². The van der Waals surface area contributed by atoms with Gasteiger partial charge in [0.05, 0.1) is 10.6 Å². The van der Waals surface area contributed by atoms with Gasteiger partial charge in [-0.25, -0.2) is 9.37 Å². The van der Waals surface area contributed by atoms with Gasteiger partial charge in [-0.2, -0.15) is 0 Å². The lowest BCUT2D eigenvalue weighted by Gasteiger charge is -2.03. The van der Waals surface area contributed by atoms with E-state index >= 15 is 0 Å². The van der Waals surface area contributed by atoms with Gasteiger partial charge in [0.15, 0.2) is 0 Å². The fraction of sp³-hybridized carbons (Fsp3) is 0.0909. The van der Waals surface area contributed by atoms with Gasteiger partial charge in [-0.1, -0.05) is 12.1 Å². The van der Waals surface area contributed by atoms with Crippen LogP contribution in [0, 0.1) is 12.7 Å². The molecule has 2 aromatic heterocycles. The highest BCUT2D eigenvalue weighted by Crippen LogP contribution is 2.40. The molecule has 0 saturated carbocycles. The first-order chi connectivity index (χ1) is 13.1. The Morgan fingerprint density at radius 2 is 1.59 bits per heavy atom. The minimum Gasteiger partial charge on any atom is -0.262 e. The Bertz CT molecular complexity index is 1070. The van der Waals surface area contributed by atoms with Gasteiger partial charge in [0.1, 0.15) is 10.8 Å². The Balaban J connectivity index is 1.87. The molecule has 0 spiro atoms. The van der Waals surface area contributed by atoms with E-state index in [1.54, 1.807) is 35.2 Å². The van der Waals surface area contributed by atoms with Crippen molar-refractivity contribution >= 4 is 23.1 Å². The van der Waals surface area contributed by atoms with Gasteiger partial charge in [0.25, 0.3) is 0 Å². The van der Waals surface area contributed by atoms with Gasteiger partial charge < -0.3 is 0 Å². The highest BCUT2D eigenvalue weighted by Gasteiger charge is 2.16. The van der Waals surface area contributed by atoms with Gasteiger partial charge >= 0.3 is 0 Å². The summed E-state index contributed by atoms with van der Waals surface area (Å²) in [6, 6.07) is 19.0. The number of benzene rings is 2. The van der Waals surface area contributed by atoms with Crippen LogP contribution in [0.1, 0.15) is 5.69 Å². The number of aromatic nitrogens is 2. The number of rotatable bonds is 4. The summed E-state index contributed by atoms with van der Waals surface area (Å²) in [6.45, 7) is 1.98. The molecular formula is C22H17FN2S2. The molecule has 0 atom stereocenters. The maximum Gasteiger partial charge on any atom is 0.124 e. The molecule has 0 aliphatic carbocycles. The summed E-state index contributed by atoms with van der Waals surface area (Å²) in [5.41, 5.74) is 4.89. The largest absolute Gasteiger partial charge is 0.262 e. The second-order valence-electron chi connectivity index (χ2n) is 6.12. The third-order valence-electron chi connectivity index (χ3n) is 4.24. The third-order valence-corrected chi connectivity index (χ3v) is 6.14. The topological polar surface area (TPSA) is 25.8 Å². The second-order valence-corrected chi connectivity index (χ2v) is 8.00. The fourth-order valence-corrected chi connectivity index (χ4v) is 4.36. The van der Waals surface area contributed by atoms with Crippen molar-refractivity contribution in [2.75, 3.05) is 6.26 Å². The number of aryl methyl sites for hydroxylation is 1. The Hall–Kier alpha value is -2.50. The van der Waals surface area contributed by atoms with Crippen LogP contribution in [0.4, 0.5) is 4.39 Å². The predicted molar refractivity (Wildman–Crippen MR) is 113 cm³/mol. The molecule has 0 saturated heterocycles. The predicted octanol–water partition coefficient (Wildman–Crippen LogP) is 6.71. The molecule has 0 N–H and O–H groups in total. The molecule has 0 bridgehead atoms. The van der Waals surface area contributed by atoms with Crippen molar-refractivity contribution in [2.24, 2.45) is 0 Å². The normalized spacial score (nSPS) is 10.9. The number of halogens is 1. The number of thioether (sulfide) groups is 1. The first-order valence-corrected chi connectivity index (χ1v) is 10.5. The molecule has 0 aliphatic rings. The standard InChI is InChI=1S/C22H17FN2S2/c1-14-13-17(11-12-24-14)21-20(15-3-7-18(23)8-4-15)25-22(27-21)16-5-9-19(26-2)10-6-16/h3-13H,1-2H3. The maximum atomic E-state index is 13.4. The third kappa shape index (κ3) is 3.80. The zero-order chi connectivity index (χ0) is 18.8. The van der Waals surface area contributed by atoms with E-state index in [0.29, 0.717) is 0 Å². The van der Waals surface area contributed by atoms with Crippen molar-refractivity contribution in [3.8, 4) is 32.3 Å². The molecule has 0 unspecified atom stereocenters. The Labute approximate surface area is 166 Å². The van der Waals surface area contributed by atoms with Gasteiger partial charge in [0, 0.05) is 27.9 Å². The van der Waals surface area contributed by atoms with Crippen molar-refractivity contribution in [1.29, 1.82) is 0 Å². The van der Waals surface area contributed by atoms with E-state index in [-0.39, 0.29) is 5.82 Å². The summed E-state index contributed by atoms with van der Waals surface area (Å²) < 4.78 is 13.4. The molecule has 0 aliphatic heterocycles. The summed E-state index contributed by atoms with van der Waals surface area (Å²) in [7, 11) is 0. The second kappa shape index (κ2) is 7.62. The molecule has 0 radical (unpaired) electrons. The highest BCUT2D eigenvalue weighted by atomic mass is 32.2. The van der Waals surface area contributed by atoms with Gasteiger partial charge in [-0.15, -0.1) is 23.1 Å². The monoisotopic (exact) mass is 392 g/mol. The zero-order valence-electron chi connectivity index (χ0n) is 14.9. The quantitative estimate of drug-likeness (QED) is 0.361. The fourth-order valence-electron chi connectivity index (χ4n) is 2.86. The molecular weight excluding hydrogens is 375 g/mol. The molecule has 4 rings (SSSR count). The van der Waals surface area contributed by atoms with Crippen LogP contribution in [0.25, 0.3) is 32.3 Å². The summed E-state index contributed by atoms with van der Waals surface area (Å²) in [5, 5.41) is 0.950. The van der Waals surface area contributed by atoms with Crippen LogP contribution in [0.3, 0.4) is 0 Å². The molecule has 27 heavy (non-hydrogen) atoms. The number of hydrogen-bond donors (Lipinski definition) is 0. The Kier molecular flexibility index (Phi) is 5.05. The first kappa shape index (κ1) is 17.9. The van der Waals surface area contributed by atoms with Crippen LogP contribution in [-0.4, -0.2) is 16.2 Å². The summed E-state index contributed by atoms with van der Waals surface area (Å²) in [4.78, 5) is 11.5. The van der Waals surface area contributed by atoms with Crippen LogP contribution in [0.2, 0.25) is 0 Å². The van der Waals surface area contributed by atoms with Crippen LogP contribution >= 0.6 is 23.1 Å². The number of nitrogens with zero attached hydrogens (tertiary/aromatic N) is 2. The average molecular weight is 393 g/mol. The van der Waals surface area contributed by atoms with Crippen LogP contribution in [0.15, 0.2) is 71.8 Å². The molecule has 0 fully saturated rings. The van der Waals surface area contributed by atoms with Crippen molar-refractivity contribution < 1.29 is 4.39 Å². The van der Waals surface area contributed by atoms with Gasteiger partial charge in [-0.05, 0) is 67.3 Å². The summed E-state index contributed by atoms with van der Waals surface area (Å²) >= 11 is 3.37. The highest BCUT2D eigenvalue weighted by molar-refractivity contribution is 7.98. The van der Waals surface area contributed by atoms with Crippen molar-refractivity contribution in [3.63, 3.8) is 0 Å². The number of hydrogen-bond acceptors (Lipinski definition) is 4. The Morgan fingerprint density at radius 1 is 0.889 bits per heavy atom. The molecule has 2 heterocycles. The average Bonchev–Trinajstić information content (AvgIpc) is 3.14. The lowest BCUT2D eigenvalue weighted by molar-refractivity contribution is 0.628.